The minimum Gasteiger partial charge on any atom is -0.482 e. The molecule has 3 aromatic rings. The number of aryl methyl sites for hydroxylation is 1. The number of benzene rings is 1. The molecule has 0 aliphatic carbocycles. The Kier molecular flexibility index (Phi) is 4.33. The lowest BCUT2D eigenvalue weighted by Crippen LogP contribution is -2.24. The van der Waals surface area contributed by atoms with Crippen molar-refractivity contribution in [1.29, 1.82) is 0 Å². The van der Waals surface area contributed by atoms with Crippen molar-refractivity contribution >= 4 is 23.0 Å². The van der Waals surface area contributed by atoms with Crippen LogP contribution in [0.25, 0.3) is 10.9 Å². The van der Waals surface area contributed by atoms with E-state index in [0.29, 0.717) is 5.75 Å². The molecule has 116 valence electrons. The van der Waals surface area contributed by atoms with Gasteiger partial charge in [0, 0.05) is 17.9 Å². The van der Waals surface area contributed by atoms with Gasteiger partial charge in [-0.2, -0.15) is 5.10 Å². The number of hydrogen-bond acceptors (Lipinski definition) is 4. The molecule has 3 rings (SSSR count). The fourth-order valence-electron chi connectivity index (χ4n) is 2.12. The third kappa shape index (κ3) is 3.74. The van der Waals surface area contributed by atoms with Gasteiger partial charge in [-0.25, -0.2) is 5.43 Å². The molecule has 1 amide bonds. The number of carbonyl (C=O) groups excluding carboxylic acids is 1. The molecule has 0 saturated heterocycles. The summed E-state index contributed by atoms with van der Waals surface area (Å²) in [7, 11) is 0. The number of hydrogen-bond donors (Lipinski definition) is 2. The summed E-state index contributed by atoms with van der Waals surface area (Å²) in [4.78, 5) is 18.9. The first-order valence-corrected chi connectivity index (χ1v) is 7.16. The van der Waals surface area contributed by atoms with Crippen molar-refractivity contribution in [1.82, 2.24) is 15.4 Å². The van der Waals surface area contributed by atoms with E-state index >= 15 is 0 Å². The number of aromatic nitrogens is 2. The number of amides is 1. The van der Waals surface area contributed by atoms with Gasteiger partial charge < -0.3 is 9.72 Å². The zero-order chi connectivity index (χ0) is 16.1. The topological polar surface area (TPSA) is 79.4 Å². The third-order valence-electron chi connectivity index (χ3n) is 3.30. The fraction of sp³-hybridized carbons (Fsp3) is 0.118. The van der Waals surface area contributed by atoms with Crippen LogP contribution in [0.3, 0.4) is 0 Å². The number of nitrogens with zero attached hydrogens (tertiary/aromatic N) is 2. The molecule has 0 radical (unpaired) electrons. The highest BCUT2D eigenvalue weighted by atomic mass is 16.5. The highest BCUT2D eigenvalue weighted by Crippen LogP contribution is 2.13. The first-order valence-electron chi connectivity index (χ1n) is 7.16. The molecule has 0 atom stereocenters. The minimum absolute atomic E-state index is 0.112. The standard InChI is InChI=1S/C17H16N4O2/c1-12-16(3-2-7-18-12)23-11-17(22)21-20-10-13-4-5-14-6-8-19-15(14)9-13/h2-10,19H,11H2,1H3,(H,21,22). The smallest absolute Gasteiger partial charge is 0.277 e. The number of pyridine rings is 1. The Morgan fingerprint density at radius 1 is 1.39 bits per heavy atom. The summed E-state index contributed by atoms with van der Waals surface area (Å²) >= 11 is 0. The Labute approximate surface area is 133 Å². The number of nitrogens with one attached hydrogen (secondary N) is 2. The van der Waals surface area contributed by atoms with Crippen molar-refractivity contribution in [2.75, 3.05) is 6.61 Å². The van der Waals surface area contributed by atoms with Crippen LogP contribution in [-0.2, 0) is 4.79 Å². The number of H-pyrrole nitrogens is 1. The second kappa shape index (κ2) is 6.74. The van der Waals surface area contributed by atoms with Crippen LogP contribution in [-0.4, -0.2) is 28.7 Å². The van der Waals surface area contributed by atoms with E-state index in [1.807, 2.05) is 37.4 Å². The van der Waals surface area contributed by atoms with Gasteiger partial charge in [0.15, 0.2) is 6.61 Å². The molecular formula is C17H16N4O2. The quantitative estimate of drug-likeness (QED) is 0.561. The van der Waals surface area contributed by atoms with Crippen molar-refractivity contribution in [3.63, 3.8) is 0 Å². The Morgan fingerprint density at radius 3 is 3.17 bits per heavy atom. The monoisotopic (exact) mass is 308 g/mol. The molecule has 0 saturated carbocycles. The van der Waals surface area contributed by atoms with Crippen molar-refractivity contribution in [3.05, 3.63) is 60.0 Å². The summed E-state index contributed by atoms with van der Waals surface area (Å²) in [5.41, 5.74) is 5.09. The first-order chi connectivity index (χ1) is 11.2. The molecule has 2 heterocycles. The average Bonchev–Trinajstić information content (AvgIpc) is 3.02. The summed E-state index contributed by atoms with van der Waals surface area (Å²) in [6, 6.07) is 11.4. The van der Waals surface area contributed by atoms with Gasteiger partial charge in [0.2, 0.25) is 0 Å². The maximum atomic E-state index is 11.7. The molecule has 0 aliphatic heterocycles. The lowest BCUT2D eigenvalue weighted by molar-refractivity contribution is -0.123. The van der Waals surface area contributed by atoms with Gasteiger partial charge in [-0.3, -0.25) is 9.78 Å². The molecule has 0 aliphatic rings. The maximum Gasteiger partial charge on any atom is 0.277 e. The Hall–Kier alpha value is -3.15. The van der Waals surface area contributed by atoms with Crippen LogP contribution in [0.1, 0.15) is 11.3 Å². The zero-order valence-electron chi connectivity index (χ0n) is 12.6. The van der Waals surface area contributed by atoms with E-state index in [1.54, 1.807) is 24.5 Å². The molecular weight excluding hydrogens is 292 g/mol. The van der Waals surface area contributed by atoms with Crippen molar-refractivity contribution in [3.8, 4) is 5.75 Å². The van der Waals surface area contributed by atoms with Crippen LogP contribution < -0.4 is 10.2 Å². The van der Waals surface area contributed by atoms with Gasteiger partial charge in [0.1, 0.15) is 5.75 Å². The highest BCUT2D eigenvalue weighted by molar-refractivity contribution is 5.89. The lowest BCUT2D eigenvalue weighted by atomic mass is 10.2. The Balaban J connectivity index is 1.53. The van der Waals surface area contributed by atoms with Gasteiger partial charge in [-0.05, 0) is 42.1 Å². The van der Waals surface area contributed by atoms with E-state index in [0.717, 1.165) is 22.2 Å². The average molecular weight is 308 g/mol. The normalized spacial score (nSPS) is 11.0. The summed E-state index contributed by atoms with van der Waals surface area (Å²) in [5.74, 6) is 0.259. The zero-order valence-corrected chi connectivity index (χ0v) is 12.6. The van der Waals surface area contributed by atoms with Gasteiger partial charge in [0.05, 0.1) is 11.9 Å². The number of fused-ring (bicyclic) bond motifs is 1. The van der Waals surface area contributed by atoms with Crippen molar-refractivity contribution < 1.29 is 9.53 Å². The summed E-state index contributed by atoms with van der Waals surface area (Å²) < 4.78 is 5.40. The van der Waals surface area contributed by atoms with Gasteiger partial charge >= 0.3 is 0 Å². The first kappa shape index (κ1) is 14.8. The third-order valence-corrected chi connectivity index (χ3v) is 3.30. The minimum atomic E-state index is -0.328. The summed E-state index contributed by atoms with van der Waals surface area (Å²) in [6.45, 7) is 1.71. The molecule has 6 nitrogen and oxygen atoms in total. The molecule has 2 aromatic heterocycles. The predicted molar refractivity (Wildman–Crippen MR) is 88.5 cm³/mol. The van der Waals surface area contributed by atoms with Gasteiger partial charge in [0.25, 0.3) is 5.91 Å². The number of rotatable bonds is 5. The van der Waals surface area contributed by atoms with Crippen LogP contribution in [0.15, 0.2) is 53.9 Å². The number of ether oxygens (including phenoxy) is 1. The SMILES string of the molecule is Cc1ncccc1OCC(=O)NN=Cc1ccc2cc[nH]c2c1. The van der Waals surface area contributed by atoms with E-state index in [9.17, 15) is 4.79 Å². The molecule has 2 N–H and O–H groups in total. The van der Waals surface area contributed by atoms with Crippen LogP contribution in [0.4, 0.5) is 0 Å². The second-order valence-electron chi connectivity index (χ2n) is 4.99. The molecule has 1 aromatic carbocycles. The summed E-state index contributed by atoms with van der Waals surface area (Å²) in [6.07, 6.45) is 5.15. The van der Waals surface area contributed by atoms with Crippen molar-refractivity contribution in [2.45, 2.75) is 6.92 Å². The van der Waals surface area contributed by atoms with Gasteiger partial charge in [-0.15, -0.1) is 0 Å². The van der Waals surface area contributed by atoms with Crippen LogP contribution >= 0.6 is 0 Å². The molecule has 0 unspecified atom stereocenters. The Morgan fingerprint density at radius 2 is 2.30 bits per heavy atom. The lowest BCUT2D eigenvalue weighted by Gasteiger charge is -2.06. The largest absolute Gasteiger partial charge is 0.482 e. The number of carbonyl (C=O) groups is 1. The highest BCUT2D eigenvalue weighted by Gasteiger charge is 2.03. The fourth-order valence-corrected chi connectivity index (χ4v) is 2.12. The predicted octanol–water partition coefficient (Wildman–Crippen LogP) is 2.40. The van der Waals surface area contributed by atoms with E-state index in [2.05, 4.69) is 20.5 Å². The van der Waals surface area contributed by atoms with Crippen LogP contribution in [0.5, 0.6) is 5.75 Å². The molecule has 0 fully saturated rings. The molecule has 0 bridgehead atoms. The maximum absolute atomic E-state index is 11.7. The second-order valence-corrected chi connectivity index (χ2v) is 4.99. The molecule has 6 heteroatoms. The van der Waals surface area contributed by atoms with Crippen molar-refractivity contribution in [2.24, 2.45) is 5.10 Å². The van der Waals surface area contributed by atoms with Crippen LogP contribution in [0, 0.1) is 6.92 Å². The molecule has 0 spiro atoms. The summed E-state index contributed by atoms with van der Waals surface area (Å²) in [5, 5.41) is 5.06. The molecule has 23 heavy (non-hydrogen) atoms. The van der Waals surface area contributed by atoms with E-state index in [-0.39, 0.29) is 12.5 Å². The van der Waals surface area contributed by atoms with Crippen LogP contribution in [0.2, 0.25) is 0 Å². The van der Waals surface area contributed by atoms with Gasteiger partial charge in [-0.1, -0.05) is 12.1 Å². The van der Waals surface area contributed by atoms with E-state index in [4.69, 9.17) is 4.74 Å². The van der Waals surface area contributed by atoms with E-state index in [1.165, 1.54) is 0 Å². The Bertz CT molecular complexity index is 854. The number of hydrazone groups is 1. The number of aromatic amines is 1. The van der Waals surface area contributed by atoms with E-state index < -0.39 is 0 Å².